The zero-order chi connectivity index (χ0) is 15.3. The number of rotatable bonds is 6. The van der Waals surface area contributed by atoms with E-state index in [2.05, 4.69) is 82.9 Å². The highest BCUT2D eigenvalue weighted by Gasteiger charge is 2.23. The highest BCUT2D eigenvalue weighted by molar-refractivity contribution is 5.49. The maximum Gasteiger partial charge on any atom is 0.0437 e. The van der Waals surface area contributed by atoms with Crippen LogP contribution in [-0.4, -0.2) is 24.7 Å². The van der Waals surface area contributed by atoms with Crippen molar-refractivity contribution in [2.24, 2.45) is 5.92 Å². The number of hydrogen-bond acceptors (Lipinski definition) is 2. The third-order valence-corrected chi connectivity index (χ3v) is 3.69. The van der Waals surface area contributed by atoms with Crippen LogP contribution in [0.1, 0.15) is 47.1 Å². The Morgan fingerprint density at radius 3 is 2.30 bits per heavy atom. The minimum atomic E-state index is 0.166. The normalized spacial score (nSPS) is 13.6. The second-order valence-electron chi connectivity index (χ2n) is 7.07. The predicted octanol–water partition coefficient (Wildman–Crippen LogP) is 4.23. The molecule has 0 aliphatic rings. The van der Waals surface area contributed by atoms with Gasteiger partial charge in [0.05, 0.1) is 0 Å². The van der Waals surface area contributed by atoms with Crippen molar-refractivity contribution in [2.75, 3.05) is 18.0 Å². The molecule has 20 heavy (non-hydrogen) atoms. The Kier molecular flexibility index (Phi) is 6.07. The van der Waals surface area contributed by atoms with Crippen molar-refractivity contribution in [1.82, 2.24) is 5.32 Å². The van der Waals surface area contributed by atoms with E-state index < -0.39 is 0 Å². The lowest BCUT2D eigenvalue weighted by molar-refractivity contribution is 0.359. The maximum atomic E-state index is 3.66. The Morgan fingerprint density at radius 1 is 1.20 bits per heavy atom. The smallest absolute Gasteiger partial charge is 0.0437 e. The quantitative estimate of drug-likeness (QED) is 0.836. The first kappa shape index (κ1) is 17.0. The van der Waals surface area contributed by atoms with Crippen LogP contribution < -0.4 is 10.2 Å². The van der Waals surface area contributed by atoms with E-state index in [9.17, 15) is 0 Å². The van der Waals surface area contributed by atoms with Crippen LogP contribution in [0, 0.1) is 12.8 Å². The molecule has 0 bridgehead atoms. The van der Waals surface area contributed by atoms with E-state index in [1.807, 2.05) is 0 Å². The summed E-state index contributed by atoms with van der Waals surface area (Å²) in [7, 11) is 0. The third-order valence-electron chi connectivity index (χ3n) is 3.69. The van der Waals surface area contributed by atoms with Crippen LogP contribution in [0.15, 0.2) is 24.3 Å². The highest BCUT2D eigenvalue weighted by atomic mass is 15.2. The average Bonchev–Trinajstić information content (AvgIpc) is 2.32. The molecule has 114 valence electrons. The van der Waals surface area contributed by atoms with E-state index in [0.29, 0.717) is 12.0 Å². The van der Waals surface area contributed by atoms with Gasteiger partial charge in [-0.1, -0.05) is 26.0 Å². The molecule has 0 fully saturated rings. The summed E-state index contributed by atoms with van der Waals surface area (Å²) in [6, 6.07) is 9.34. The van der Waals surface area contributed by atoms with Crippen molar-refractivity contribution in [1.29, 1.82) is 0 Å². The highest BCUT2D eigenvalue weighted by Crippen LogP contribution is 2.22. The summed E-state index contributed by atoms with van der Waals surface area (Å²) in [4.78, 5) is 2.52. The molecule has 0 saturated heterocycles. The van der Waals surface area contributed by atoms with Gasteiger partial charge in [0, 0.05) is 30.4 Å². The molecule has 1 rings (SSSR count). The van der Waals surface area contributed by atoms with Gasteiger partial charge in [-0.25, -0.2) is 0 Å². The Hall–Kier alpha value is -1.02. The molecule has 0 aliphatic carbocycles. The summed E-state index contributed by atoms with van der Waals surface area (Å²) in [6.45, 7) is 17.8. The van der Waals surface area contributed by atoms with Crippen LogP contribution in [-0.2, 0) is 0 Å². The molecule has 0 saturated carbocycles. The van der Waals surface area contributed by atoms with Gasteiger partial charge in [-0.15, -0.1) is 0 Å². The molecule has 1 aromatic carbocycles. The van der Waals surface area contributed by atoms with Crippen LogP contribution in [0.2, 0.25) is 0 Å². The first-order valence-electron chi connectivity index (χ1n) is 7.83. The second-order valence-corrected chi connectivity index (χ2v) is 7.07. The van der Waals surface area contributed by atoms with Crippen molar-refractivity contribution in [3.05, 3.63) is 29.8 Å². The van der Waals surface area contributed by atoms with Gasteiger partial charge >= 0.3 is 0 Å². The fourth-order valence-electron chi connectivity index (χ4n) is 2.53. The molecular weight excluding hydrogens is 244 g/mol. The lowest BCUT2D eigenvalue weighted by atomic mass is 9.99. The second kappa shape index (κ2) is 7.12. The number of anilines is 1. The van der Waals surface area contributed by atoms with E-state index in [-0.39, 0.29) is 5.54 Å². The molecule has 0 spiro atoms. The fraction of sp³-hybridized carbons (Fsp3) is 0.667. The molecule has 1 aromatic rings. The zero-order valence-electron chi connectivity index (χ0n) is 14.3. The number of benzene rings is 1. The Labute approximate surface area is 125 Å². The SMILES string of the molecule is CCN(c1cccc(C)c1)C(CNC(C)(C)C)C(C)C. The van der Waals surface area contributed by atoms with E-state index in [4.69, 9.17) is 0 Å². The van der Waals surface area contributed by atoms with Crippen LogP contribution in [0.3, 0.4) is 0 Å². The van der Waals surface area contributed by atoms with Crippen LogP contribution in [0.25, 0.3) is 0 Å². The monoisotopic (exact) mass is 276 g/mol. The van der Waals surface area contributed by atoms with Gasteiger partial charge in [0.2, 0.25) is 0 Å². The summed E-state index contributed by atoms with van der Waals surface area (Å²) >= 11 is 0. The molecular formula is C18H32N2. The molecule has 0 radical (unpaired) electrons. The maximum absolute atomic E-state index is 3.66. The summed E-state index contributed by atoms with van der Waals surface area (Å²) in [5.41, 5.74) is 2.83. The Bertz CT molecular complexity index is 404. The Balaban J connectivity index is 2.92. The van der Waals surface area contributed by atoms with E-state index in [1.165, 1.54) is 11.3 Å². The first-order chi connectivity index (χ1) is 9.24. The number of hydrogen-bond donors (Lipinski definition) is 1. The molecule has 0 aliphatic heterocycles. The van der Waals surface area contributed by atoms with E-state index >= 15 is 0 Å². The van der Waals surface area contributed by atoms with Crippen molar-refractivity contribution in [3.8, 4) is 0 Å². The van der Waals surface area contributed by atoms with Crippen molar-refractivity contribution in [2.45, 2.75) is 60.0 Å². The van der Waals surface area contributed by atoms with Gasteiger partial charge in [-0.2, -0.15) is 0 Å². The summed E-state index contributed by atoms with van der Waals surface area (Å²) in [5, 5.41) is 3.66. The van der Waals surface area contributed by atoms with Gasteiger partial charge < -0.3 is 10.2 Å². The number of nitrogens with one attached hydrogen (secondary N) is 1. The molecule has 1 N–H and O–H groups in total. The topological polar surface area (TPSA) is 15.3 Å². The lowest BCUT2D eigenvalue weighted by Gasteiger charge is -2.38. The van der Waals surface area contributed by atoms with Gasteiger partial charge in [0.25, 0.3) is 0 Å². The molecule has 2 nitrogen and oxygen atoms in total. The summed E-state index contributed by atoms with van der Waals surface area (Å²) in [6.07, 6.45) is 0. The minimum absolute atomic E-state index is 0.166. The standard InChI is InChI=1S/C18H32N2/c1-8-20(16-11-9-10-15(4)12-16)17(14(2)3)13-19-18(5,6)7/h9-12,14,17,19H,8,13H2,1-7H3. The van der Waals surface area contributed by atoms with Crippen molar-refractivity contribution >= 4 is 5.69 Å². The predicted molar refractivity (Wildman–Crippen MR) is 90.6 cm³/mol. The van der Waals surface area contributed by atoms with E-state index in [0.717, 1.165) is 13.1 Å². The summed E-state index contributed by atoms with van der Waals surface area (Å²) in [5.74, 6) is 0.616. The molecule has 0 heterocycles. The fourth-order valence-corrected chi connectivity index (χ4v) is 2.53. The summed E-state index contributed by atoms with van der Waals surface area (Å²) < 4.78 is 0. The first-order valence-corrected chi connectivity index (χ1v) is 7.83. The van der Waals surface area contributed by atoms with Gasteiger partial charge in [-0.05, 0) is 58.2 Å². The minimum Gasteiger partial charge on any atom is -0.367 e. The van der Waals surface area contributed by atoms with E-state index in [1.54, 1.807) is 0 Å². The molecule has 1 atom stereocenters. The lowest BCUT2D eigenvalue weighted by Crippen LogP contribution is -2.50. The van der Waals surface area contributed by atoms with Gasteiger partial charge in [0.1, 0.15) is 0 Å². The van der Waals surface area contributed by atoms with Gasteiger partial charge in [-0.3, -0.25) is 0 Å². The Morgan fingerprint density at radius 2 is 1.85 bits per heavy atom. The zero-order valence-corrected chi connectivity index (χ0v) is 14.3. The molecule has 2 heteroatoms. The third kappa shape index (κ3) is 5.16. The largest absolute Gasteiger partial charge is 0.367 e. The average molecular weight is 276 g/mol. The molecule has 0 amide bonds. The molecule has 1 unspecified atom stereocenters. The van der Waals surface area contributed by atoms with Crippen LogP contribution >= 0.6 is 0 Å². The molecule has 0 aromatic heterocycles. The van der Waals surface area contributed by atoms with Crippen LogP contribution in [0.4, 0.5) is 5.69 Å². The van der Waals surface area contributed by atoms with Crippen molar-refractivity contribution < 1.29 is 0 Å². The van der Waals surface area contributed by atoms with Gasteiger partial charge in [0.15, 0.2) is 0 Å². The van der Waals surface area contributed by atoms with Crippen LogP contribution in [0.5, 0.6) is 0 Å². The number of aryl methyl sites for hydroxylation is 1. The number of nitrogens with zero attached hydrogens (tertiary/aromatic N) is 1. The van der Waals surface area contributed by atoms with Crippen molar-refractivity contribution in [3.63, 3.8) is 0 Å². The number of likely N-dealkylation sites (N-methyl/N-ethyl adjacent to an activating group) is 1.